The second kappa shape index (κ2) is 9.57. The molecule has 0 unspecified atom stereocenters. The minimum atomic E-state index is -0.0367. The van der Waals surface area contributed by atoms with Gasteiger partial charge in [-0.2, -0.15) is 4.58 Å². The highest BCUT2D eigenvalue weighted by molar-refractivity contribution is 7.21. The van der Waals surface area contributed by atoms with Gasteiger partial charge in [-0.1, -0.05) is 30.3 Å². The van der Waals surface area contributed by atoms with Gasteiger partial charge >= 0.3 is 0 Å². The number of nitrogens with zero attached hydrogens (tertiary/aromatic N) is 2. The van der Waals surface area contributed by atoms with Gasteiger partial charge < -0.3 is 29.1 Å². The summed E-state index contributed by atoms with van der Waals surface area (Å²) in [5.41, 5.74) is 6.70. The molecule has 36 heavy (non-hydrogen) atoms. The standard InChI is InChI=1S/C30H24N2OS2.HI/c1-30(2)22-8-4-6-10-24(22)32(3)28(30)17-14-20-13-16-26(34-20)19-12-15-25(33)21(18-19)29-31-23-9-5-7-11-27(23)35-29;/h4-18H,1-3H3;1H. The number of thiazole rings is 1. The lowest BCUT2D eigenvalue weighted by molar-refractivity contribution is -0.401. The summed E-state index contributed by atoms with van der Waals surface area (Å²) in [6.07, 6.45) is 4.46. The second-order valence-corrected chi connectivity index (χ2v) is 11.5. The molecule has 1 aliphatic rings. The molecule has 180 valence electrons. The van der Waals surface area contributed by atoms with Gasteiger partial charge in [0, 0.05) is 27.5 Å². The van der Waals surface area contributed by atoms with Crippen LogP contribution in [0.25, 0.3) is 37.3 Å². The molecule has 0 saturated carbocycles. The first-order chi connectivity index (χ1) is 16.9. The molecular formula is C30H25IN2OS2. The molecule has 3 nitrogen and oxygen atoms in total. The van der Waals surface area contributed by atoms with E-state index in [-0.39, 0.29) is 35.1 Å². The number of aromatic hydroxyl groups is 1. The first-order valence-electron chi connectivity index (χ1n) is 11.6. The predicted molar refractivity (Wildman–Crippen MR) is 149 cm³/mol. The van der Waals surface area contributed by atoms with Gasteiger partial charge in [0.05, 0.1) is 21.2 Å². The monoisotopic (exact) mass is 620 g/mol. The first kappa shape index (κ1) is 24.9. The highest BCUT2D eigenvalue weighted by atomic mass is 127. The van der Waals surface area contributed by atoms with Crippen LogP contribution in [0.3, 0.4) is 0 Å². The molecule has 3 aromatic carbocycles. The van der Waals surface area contributed by atoms with Crippen molar-refractivity contribution in [3.05, 3.63) is 95.4 Å². The Kier molecular flexibility index (Phi) is 6.61. The number of thiophene rings is 1. The van der Waals surface area contributed by atoms with Gasteiger partial charge in [0.15, 0.2) is 5.71 Å². The zero-order valence-corrected chi connectivity index (χ0v) is 24.0. The summed E-state index contributed by atoms with van der Waals surface area (Å²) in [6, 6.07) is 26.8. The third-order valence-corrected chi connectivity index (χ3v) is 8.95. The van der Waals surface area contributed by atoms with Gasteiger partial charge in [0.25, 0.3) is 0 Å². The molecule has 0 fully saturated rings. The number of hydrogen-bond acceptors (Lipinski definition) is 4. The number of phenolic OH excluding ortho intramolecular Hbond substituents is 1. The van der Waals surface area contributed by atoms with Crippen LogP contribution in [0.5, 0.6) is 5.75 Å². The van der Waals surface area contributed by atoms with E-state index in [9.17, 15) is 5.11 Å². The normalized spacial score (nSPS) is 14.4. The lowest BCUT2D eigenvalue weighted by Crippen LogP contribution is -3.00. The molecule has 6 rings (SSSR count). The van der Waals surface area contributed by atoms with Crippen LogP contribution in [-0.4, -0.2) is 27.4 Å². The Balaban J connectivity index is 0.00000267. The number of rotatable bonds is 4. The van der Waals surface area contributed by atoms with Crippen LogP contribution in [-0.2, 0) is 5.41 Å². The Hall–Kier alpha value is -2.81. The number of fused-ring (bicyclic) bond motifs is 2. The van der Waals surface area contributed by atoms with E-state index in [4.69, 9.17) is 4.98 Å². The fraction of sp³-hybridized carbons (Fsp3) is 0.133. The fourth-order valence-electron chi connectivity index (χ4n) is 4.91. The van der Waals surface area contributed by atoms with E-state index in [2.05, 4.69) is 80.1 Å². The summed E-state index contributed by atoms with van der Waals surface area (Å²) >= 11 is 3.36. The maximum atomic E-state index is 10.6. The van der Waals surface area contributed by atoms with E-state index in [1.807, 2.05) is 30.3 Å². The van der Waals surface area contributed by atoms with Crippen LogP contribution < -0.4 is 24.0 Å². The molecule has 6 heteroatoms. The number of phenols is 1. The van der Waals surface area contributed by atoms with Gasteiger partial charge in [-0.15, -0.1) is 22.7 Å². The van der Waals surface area contributed by atoms with Crippen molar-refractivity contribution >= 4 is 50.4 Å². The topological polar surface area (TPSA) is 36.1 Å². The Bertz CT molecular complexity index is 1630. The number of hydrogen-bond donors (Lipinski definition) is 1. The van der Waals surface area contributed by atoms with Crippen LogP contribution in [0.15, 0.2) is 84.9 Å². The van der Waals surface area contributed by atoms with Crippen molar-refractivity contribution in [1.29, 1.82) is 0 Å². The summed E-state index contributed by atoms with van der Waals surface area (Å²) in [6.45, 7) is 4.57. The summed E-state index contributed by atoms with van der Waals surface area (Å²) < 4.78 is 3.42. The largest absolute Gasteiger partial charge is 1.00 e. The smallest absolute Gasteiger partial charge is 0.209 e. The van der Waals surface area contributed by atoms with Crippen molar-refractivity contribution in [3.8, 4) is 26.8 Å². The zero-order chi connectivity index (χ0) is 24.2. The summed E-state index contributed by atoms with van der Waals surface area (Å²) in [4.78, 5) is 7.10. The van der Waals surface area contributed by atoms with Crippen LogP contribution in [0.4, 0.5) is 5.69 Å². The maximum Gasteiger partial charge on any atom is 0.209 e. The minimum Gasteiger partial charge on any atom is -1.00 e. The molecule has 1 aliphatic heterocycles. The average Bonchev–Trinajstić information content (AvgIpc) is 3.55. The van der Waals surface area contributed by atoms with Crippen LogP contribution in [0, 0.1) is 0 Å². The van der Waals surface area contributed by atoms with E-state index in [1.165, 1.54) is 26.7 Å². The maximum absolute atomic E-state index is 10.6. The number of aromatic nitrogens is 1. The molecule has 0 spiro atoms. The Morgan fingerprint density at radius 1 is 0.889 bits per heavy atom. The van der Waals surface area contributed by atoms with Crippen LogP contribution in [0.2, 0.25) is 0 Å². The molecule has 0 saturated heterocycles. The Morgan fingerprint density at radius 2 is 1.67 bits per heavy atom. The lowest BCUT2D eigenvalue weighted by Gasteiger charge is -2.15. The summed E-state index contributed by atoms with van der Waals surface area (Å²) in [5.74, 6) is 0.256. The molecule has 5 aromatic rings. The fourth-order valence-corrected chi connectivity index (χ4v) is 6.81. The number of halogens is 1. The van der Waals surface area contributed by atoms with Gasteiger partial charge in [0.1, 0.15) is 17.8 Å². The third kappa shape index (κ3) is 4.21. The minimum absolute atomic E-state index is 0. The molecule has 0 atom stereocenters. The average molecular weight is 621 g/mol. The van der Waals surface area contributed by atoms with E-state index < -0.39 is 0 Å². The van der Waals surface area contributed by atoms with E-state index >= 15 is 0 Å². The van der Waals surface area contributed by atoms with Crippen LogP contribution in [0.1, 0.15) is 24.3 Å². The Morgan fingerprint density at radius 3 is 2.47 bits per heavy atom. The van der Waals surface area contributed by atoms with E-state index in [0.717, 1.165) is 26.4 Å². The molecule has 3 heterocycles. The van der Waals surface area contributed by atoms with Gasteiger partial charge in [-0.3, -0.25) is 0 Å². The van der Waals surface area contributed by atoms with Crippen molar-refractivity contribution < 1.29 is 33.7 Å². The van der Waals surface area contributed by atoms with Crippen molar-refractivity contribution in [3.63, 3.8) is 0 Å². The highest BCUT2D eigenvalue weighted by Crippen LogP contribution is 2.41. The first-order valence-corrected chi connectivity index (χ1v) is 13.2. The molecule has 1 N–H and O–H groups in total. The van der Waals surface area contributed by atoms with Crippen molar-refractivity contribution in [2.45, 2.75) is 19.3 Å². The van der Waals surface area contributed by atoms with E-state index in [0.29, 0.717) is 0 Å². The molecule has 0 aliphatic carbocycles. The van der Waals surface area contributed by atoms with Crippen molar-refractivity contribution in [1.82, 2.24) is 4.98 Å². The molecule has 2 aromatic heterocycles. The quantitative estimate of drug-likeness (QED) is 0.224. The number of allylic oxidation sites excluding steroid dienone is 1. The highest BCUT2D eigenvalue weighted by Gasteiger charge is 2.42. The number of para-hydroxylation sites is 2. The molecule has 0 radical (unpaired) electrons. The number of benzene rings is 3. The SMILES string of the molecule is C[N+]1=C(C=Cc2ccc(-c3ccc(O)c(-c4nc5ccccc5s4)c3)s2)C(C)(C)c2ccccc21.[I-]. The third-order valence-electron chi connectivity index (χ3n) is 6.78. The second-order valence-electron chi connectivity index (χ2n) is 9.34. The van der Waals surface area contributed by atoms with E-state index in [1.54, 1.807) is 28.7 Å². The van der Waals surface area contributed by atoms with Crippen molar-refractivity contribution in [2.24, 2.45) is 0 Å². The predicted octanol–water partition coefficient (Wildman–Crippen LogP) is 5.12. The summed E-state index contributed by atoms with van der Waals surface area (Å²) in [7, 11) is 2.15. The Labute approximate surface area is 236 Å². The van der Waals surface area contributed by atoms with Crippen molar-refractivity contribution in [2.75, 3.05) is 7.05 Å². The van der Waals surface area contributed by atoms with Gasteiger partial charge in [0.2, 0.25) is 5.69 Å². The molecular weight excluding hydrogens is 595 g/mol. The lowest BCUT2D eigenvalue weighted by atomic mass is 9.81. The van der Waals surface area contributed by atoms with Gasteiger partial charge in [-0.25, -0.2) is 4.98 Å². The molecule has 0 bridgehead atoms. The van der Waals surface area contributed by atoms with Crippen LogP contribution >= 0.6 is 22.7 Å². The molecule has 0 amide bonds. The summed E-state index contributed by atoms with van der Waals surface area (Å²) in [5, 5.41) is 11.4. The van der Waals surface area contributed by atoms with Gasteiger partial charge in [-0.05, 0) is 68.0 Å². The zero-order valence-electron chi connectivity index (χ0n) is 20.2.